The normalized spacial score (nSPS) is 13.6. The number of anilines is 1. The maximum atomic E-state index is 12.7. The number of nitrogens with one attached hydrogen (secondary N) is 2. The van der Waals surface area contributed by atoms with Gasteiger partial charge in [-0.3, -0.25) is 14.4 Å². The maximum Gasteiger partial charge on any atom is 0.254 e. The van der Waals surface area contributed by atoms with Crippen LogP contribution < -0.4 is 10.6 Å². The molecule has 29 heavy (non-hydrogen) atoms. The van der Waals surface area contributed by atoms with Crippen LogP contribution in [0.1, 0.15) is 49.7 Å². The Balaban J connectivity index is 1.56. The lowest BCUT2D eigenvalue weighted by atomic mass is 10.1. The molecule has 154 valence electrons. The number of rotatable bonds is 7. The van der Waals surface area contributed by atoms with E-state index in [1.807, 2.05) is 39.0 Å². The fraction of sp³-hybridized carbons (Fsp3) is 0.429. The standard InChI is InChI=1S/C21H26N4O3S/c1-21(2,3)24-17(26)11-15-13-29-20(22-15)23-18(27)12-25(16-9-10-16)19(28)14-7-5-4-6-8-14/h4-8,13,16H,9-12H2,1-3H3,(H,24,26)(H,22,23,27). The zero-order valence-electron chi connectivity index (χ0n) is 16.9. The van der Waals surface area contributed by atoms with E-state index >= 15 is 0 Å². The molecule has 0 atom stereocenters. The van der Waals surface area contributed by atoms with Gasteiger partial charge in [0.15, 0.2) is 5.13 Å². The molecule has 1 aromatic carbocycles. The van der Waals surface area contributed by atoms with E-state index in [4.69, 9.17) is 0 Å². The molecule has 1 aliphatic carbocycles. The minimum Gasteiger partial charge on any atom is -0.351 e. The van der Waals surface area contributed by atoms with E-state index in [-0.39, 0.29) is 42.3 Å². The zero-order chi connectivity index (χ0) is 21.0. The Morgan fingerprint density at radius 2 is 1.83 bits per heavy atom. The lowest BCUT2D eigenvalue weighted by Crippen LogP contribution is -2.41. The highest BCUT2D eigenvalue weighted by atomic mass is 32.1. The van der Waals surface area contributed by atoms with Crippen LogP contribution >= 0.6 is 11.3 Å². The number of carbonyl (C=O) groups is 3. The van der Waals surface area contributed by atoms with Gasteiger partial charge in [-0.2, -0.15) is 0 Å². The Labute approximate surface area is 174 Å². The van der Waals surface area contributed by atoms with E-state index in [2.05, 4.69) is 15.6 Å². The molecule has 2 aromatic rings. The van der Waals surface area contributed by atoms with Crippen molar-refractivity contribution in [3.63, 3.8) is 0 Å². The van der Waals surface area contributed by atoms with Gasteiger partial charge in [-0.25, -0.2) is 4.98 Å². The summed E-state index contributed by atoms with van der Waals surface area (Å²) in [6.45, 7) is 5.73. The molecule has 7 nitrogen and oxygen atoms in total. The van der Waals surface area contributed by atoms with Crippen LogP contribution in [0.15, 0.2) is 35.7 Å². The second-order valence-corrected chi connectivity index (χ2v) is 9.06. The summed E-state index contributed by atoms with van der Waals surface area (Å²) in [5, 5.41) is 7.81. The van der Waals surface area contributed by atoms with Gasteiger partial charge in [-0.15, -0.1) is 11.3 Å². The molecule has 1 saturated carbocycles. The minimum absolute atomic E-state index is 0.0161. The van der Waals surface area contributed by atoms with Crippen molar-refractivity contribution < 1.29 is 14.4 Å². The second kappa shape index (κ2) is 8.73. The summed E-state index contributed by atoms with van der Waals surface area (Å²) in [5.74, 6) is -0.544. The molecule has 1 aliphatic rings. The quantitative estimate of drug-likeness (QED) is 0.729. The van der Waals surface area contributed by atoms with E-state index < -0.39 is 0 Å². The average molecular weight is 415 g/mol. The summed E-state index contributed by atoms with van der Waals surface area (Å²) in [7, 11) is 0. The van der Waals surface area contributed by atoms with E-state index in [1.54, 1.807) is 22.4 Å². The predicted molar refractivity (Wildman–Crippen MR) is 113 cm³/mol. The number of thiazole rings is 1. The molecule has 0 unspecified atom stereocenters. The summed E-state index contributed by atoms with van der Waals surface area (Å²) in [6.07, 6.45) is 1.98. The minimum atomic E-state index is -0.304. The van der Waals surface area contributed by atoms with Gasteiger partial charge in [0, 0.05) is 22.5 Å². The van der Waals surface area contributed by atoms with Crippen molar-refractivity contribution in [2.45, 2.75) is 51.6 Å². The summed E-state index contributed by atoms with van der Waals surface area (Å²) >= 11 is 1.27. The molecule has 3 rings (SSSR count). The number of amides is 3. The number of carbonyl (C=O) groups excluding carboxylic acids is 3. The van der Waals surface area contributed by atoms with Gasteiger partial charge in [0.1, 0.15) is 6.54 Å². The van der Waals surface area contributed by atoms with Crippen LogP contribution in [-0.2, 0) is 16.0 Å². The van der Waals surface area contributed by atoms with Crippen LogP contribution in [-0.4, -0.2) is 45.7 Å². The summed E-state index contributed by atoms with van der Waals surface area (Å²) in [5.41, 5.74) is 0.877. The molecule has 0 saturated heterocycles. The van der Waals surface area contributed by atoms with E-state index in [0.29, 0.717) is 16.4 Å². The first-order valence-corrected chi connectivity index (χ1v) is 10.5. The second-order valence-electron chi connectivity index (χ2n) is 8.20. The van der Waals surface area contributed by atoms with Gasteiger partial charge in [0.25, 0.3) is 5.91 Å². The van der Waals surface area contributed by atoms with Crippen molar-refractivity contribution in [2.75, 3.05) is 11.9 Å². The van der Waals surface area contributed by atoms with Crippen LogP contribution in [0.25, 0.3) is 0 Å². The van der Waals surface area contributed by atoms with Crippen molar-refractivity contribution in [2.24, 2.45) is 0 Å². The van der Waals surface area contributed by atoms with Gasteiger partial charge in [-0.05, 0) is 45.7 Å². The number of hydrogen-bond donors (Lipinski definition) is 2. The summed E-state index contributed by atoms with van der Waals surface area (Å²) in [6, 6.07) is 9.10. The molecule has 2 N–H and O–H groups in total. The van der Waals surface area contributed by atoms with Gasteiger partial charge >= 0.3 is 0 Å². The zero-order valence-corrected chi connectivity index (χ0v) is 17.7. The molecule has 8 heteroatoms. The monoisotopic (exact) mass is 414 g/mol. The van der Waals surface area contributed by atoms with Crippen molar-refractivity contribution >= 4 is 34.2 Å². The van der Waals surface area contributed by atoms with E-state index in [1.165, 1.54) is 11.3 Å². The van der Waals surface area contributed by atoms with Gasteiger partial charge < -0.3 is 15.5 Å². The Morgan fingerprint density at radius 3 is 2.45 bits per heavy atom. The third-order valence-electron chi connectivity index (χ3n) is 4.24. The van der Waals surface area contributed by atoms with Gasteiger partial charge in [0.05, 0.1) is 12.1 Å². The average Bonchev–Trinajstić information content (AvgIpc) is 3.39. The molecular formula is C21H26N4O3S. The highest BCUT2D eigenvalue weighted by molar-refractivity contribution is 7.13. The lowest BCUT2D eigenvalue weighted by molar-refractivity contribution is -0.121. The first-order chi connectivity index (χ1) is 13.7. The molecule has 1 heterocycles. The smallest absolute Gasteiger partial charge is 0.254 e. The van der Waals surface area contributed by atoms with Crippen molar-refractivity contribution in [3.8, 4) is 0 Å². The highest BCUT2D eigenvalue weighted by Gasteiger charge is 2.34. The van der Waals surface area contributed by atoms with Crippen LogP contribution in [0, 0.1) is 0 Å². The molecule has 0 aliphatic heterocycles. The Bertz CT molecular complexity index is 885. The fourth-order valence-electron chi connectivity index (χ4n) is 2.89. The van der Waals surface area contributed by atoms with Crippen molar-refractivity contribution in [1.82, 2.24) is 15.2 Å². The van der Waals surface area contributed by atoms with Gasteiger partial charge in [-0.1, -0.05) is 18.2 Å². The largest absolute Gasteiger partial charge is 0.351 e. The topological polar surface area (TPSA) is 91.4 Å². The SMILES string of the molecule is CC(C)(C)NC(=O)Cc1csc(NC(=O)CN(C(=O)c2ccccc2)C2CC2)n1. The predicted octanol–water partition coefficient (Wildman–Crippen LogP) is 2.84. The summed E-state index contributed by atoms with van der Waals surface area (Å²) in [4.78, 5) is 43.2. The highest BCUT2D eigenvalue weighted by Crippen LogP contribution is 2.28. The van der Waals surface area contributed by atoms with Gasteiger partial charge in [0.2, 0.25) is 11.8 Å². The van der Waals surface area contributed by atoms with Crippen LogP contribution in [0.3, 0.4) is 0 Å². The van der Waals surface area contributed by atoms with Crippen LogP contribution in [0.2, 0.25) is 0 Å². The lowest BCUT2D eigenvalue weighted by Gasteiger charge is -2.21. The number of hydrogen-bond acceptors (Lipinski definition) is 5. The third kappa shape index (κ3) is 6.39. The third-order valence-corrected chi connectivity index (χ3v) is 5.04. The van der Waals surface area contributed by atoms with Crippen LogP contribution in [0.5, 0.6) is 0 Å². The molecule has 3 amide bonds. The molecular weight excluding hydrogens is 388 g/mol. The Hall–Kier alpha value is -2.74. The van der Waals surface area contributed by atoms with Crippen molar-refractivity contribution in [1.29, 1.82) is 0 Å². The number of benzene rings is 1. The first-order valence-electron chi connectivity index (χ1n) is 9.62. The van der Waals surface area contributed by atoms with E-state index in [0.717, 1.165) is 12.8 Å². The molecule has 1 fully saturated rings. The molecule has 0 bridgehead atoms. The molecule has 1 aromatic heterocycles. The summed E-state index contributed by atoms with van der Waals surface area (Å²) < 4.78 is 0. The Kier molecular flexibility index (Phi) is 6.32. The number of aromatic nitrogens is 1. The van der Waals surface area contributed by atoms with E-state index in [9.17, 15) is 14.4 Å². The molecule has 0 spiro atoms. The molecule has 0 radical (unpaired) electrons. The maximum absolute atomic E-state index is 12.7. The Morgan fingerprint density at radius 1 is 1.14 bits per heavy atom. The fourth-order valence-corrected chi connectivity index (χ4v) is 3.61. The van der Waals surface area contributed by atoms with Crippen LogP contribution in [0.4, 0.5) is 5.13 Å². The number of nitrogens with zero attached hydrogens (tertiary/aromatic N) is 2. The van der Waals surface area contributed by atoms with Crippen molar-refractivity contribution in [3.05, 3.63) is 47.0 Å². The first kappa shape index (κ1) is 21.0.